The van der Waals surface area contributed by atoms with E-state index in [1.165, 1.54) is 12.1 Å². The maximum absolute atomic E-state index is 12.5. The average Bonchev–Trinajstić information content (AvgIpc) is 3.18. The fourth-order valence-corrected chi connectivity index (χ4v) is 4.15. The van der Waals surface area contributed by atoms with Crippen LogP contribution in [0.3, 0.4) is 0 Å². The summed E-state index contributed by atoms with van der Waals surface area (Å²) in [5.41, 5.74) is 2.05. The molecule has 2 heterocycles. The first kappa shape index (κ1) is 19.1. The molecule has 1 saturated heterocycles. The third-order valence-corrected chi connectivity index (χ3v) is 5.75. The minimum absolute atomic E-state index is 0.0117. The summed E-state index contributed by atoms with van der Waals surface area (Å²) >= 11 is 1.78. The molecule has 0 saturated carbocycles. The van der Waals surface area contributed by atoms with Gasteiger partial charge >= 0.3 is 5.00 Å². The molecule has 7 nitrogen and oxygen atoms in total. The maximum atomic E-state index is 12.5. The Morgan fingerprint density at radius 1 is 1.22 bits per heavy atom. The summed E-state index contributed by atoms with van der Waals surface area (Å²) in [5, 5.41) is 10.4. The molecule has 0 atom stereocenters. The summed E-state index contributed by atoms with van der Waals surface area (Å²) in [7, 11) is 0. The largest absolute Gasteiger partial charge is 0.491 e. The Labute approximate surface area is 163 Å². The van der Waals surface area contributed by atoms with Crippen LogP contribution >= 0.6 is 23.1 Å². The molecular formula is C18H16N2O5S2. The molecule has 1 fully saturated rings. The molecule has 1 aromatic carbocycles. The molecule has 2 amide bonds. The molecule has 2 aromatic rings. The highest BCUT2D eigenvalue weighted by Gasteiger charge is 2.35. The highest BCUT2D eigenvalue weighted by atomic mass is 32.2. The Balaban J connectivity index is 1.64. The summed E-state index contributed by atoms with van der Waals surface area (Å²) in [4.78, 5) is 36.8. The zero-order valence-corrected chi connectivity index (χ0v) is 16.3. The molecule has 0 radical (unpaired) electrons. The van der Waals surface area contributed by atoms with E-state index in [1.807, 2.05) is 32.0 Å². The second kappa shape index (κ2) is 7.93. The standard InChI is InChI=1S/C18H16N2O5S2/c1-11-3-4-12(2)14(9-11)25-8-7-19-17(21)15(27-18(19)22)10-13-5-6-16(26-13)20(23)24/h3-6,9-10H,7-8H2,1-2H3/b15-10-. The SMILES string of the molecule is Cc1ccc(C)c(OCCN2C(=O)S/C(=C\c3ccc([N+](=O)[O-])s3)C2=O)c1. The van der Waals surface area contributed by atoms with Gasteiger partial charge in [-0.3, -0.25) is 24.6 Å². The molecule has 27 heavy (non-hydrogen) atoms. The van der Waals surface area contributed by atoms with Crippen LogP contribution in [0, 0.1) is 24.0 Å². The molecule has 1 aromatic heterocycles. The van der Waals surface area contributed by atoms with Gasteiger partial charge in [0, 0.05) is 10.9 Å². The van der Waals surface area contributed by atoms with E-state index in [0.717, 1.165) is 44.9 Å². The van der Waals surface area contributed by atoms with Crippen LogP contribution in [0.2, 0.25) is 0 Å². The average molecular weight is 404 g/mol. The number of ether oxygens (including phenoxy) is 1. The lowest BCUT2D eigenvalue weighted by molar-refractivity contribution is -0.380. The molecule has 0 unspecified atom stereocenters. The molecule has 0 spiro atoms. The summed E-state index contributed by atoms with van der Waals surface area (Å²) < 4.78 is 5.71. The number of hydrogen-bond acceptors (Lipinski definition) is 7. The van der Waals surface area contributed by atoms with Gasteiger partial charge in [0.2, 0.25) is 0 Å². The number of aryl methyl sites for hydroxylation is 2. The van der Waals surface area contributed by atoms with E-state index in [9.17, 15) is 19.7 Å². The number of amides is 2. The topological polar surface area (TPSA) is 89.8 Å². The predicted octanol–water partition coefficient (Wildman–Crippen LogP) is 4.39. The molecule has 0 aliphatic carbocycles. The number of imide groups is 1. The van der Waals surface area contributed by atoms with E-state index in [2.05, 4.69) is 0 Å². The van der Waals surface area contributed by atoms with Crippen molar-refractivity contribution < 1.29 is 19.2 Å². The van der Waals surface area contributed by atoms with Crippen molar-refractivity contribution in [3.05, 3.63) is 61.4 Å². The second-order valence-corrected chi connectivity index (χ2v) is 7.97. The van der Waals surface area contributed by atoms with Crippen LogP contribution in [0.15, 0.2) is 35.2 Å². The lowest BCUT2D eigenvalue weighted by atomic mass is 10.1. The number of carbonyl (C=O) groups is 2. The minimum Gasteiger partial charge on any atom is -0.491 e. The van der Waals surface area contributed by atoms with Gasteiger partial charge in [0.1, 0.15) is 12.4 Å². The van der Waals surface area contributed by atoms with Gasteiger partial charge in [-0.05, 0) is 54.9 Å². The lowest BCUT2D eigenvalue weighted by Crippen LogP contribution is -2.32. The van der Waals surface area contributed by atoms with Crippen molar-refractivity contribution in [2.24, 2.45) is 0 Å². The first-order chi connectivity index (χ1) is 12.8. The van der Waals surface area contributed by atoms with Crippen LogP contribution in [-0.2, 0) is 4.79 Å². The monoisotopic (exact) mass is 404 g/mol. The van der Waals surface area contributed by atoms with Gasteiger partial charge in [0.15, 0.2) is 0 Å². The highest BCUT2D eigenvalue weighted by molar-refractivity contribution is 8.18. The maximum Gasteiger partial charge on any atom is 0.324 e. The number of carbonyl (C=O) groups excluding carboxylic acids is 2. The summed E-state index contributed by atoms with van der Waals surface area (Å²) in [6, 6.07) is 8.78. The van der Waals surface area contributed by atoms with Crippen LogP contribution in [0.1, 0.15) is 16.0 Å². The van der Waals surface area contributed by atoms with Crippen LogP contribution in [0.25, 0.3) is 6.08 Å². The van der Waals surface area contributed by atoms with Gasteiger partial charge in [-0.1, -0.05) is 23.5 Å². The number of rotatable bonds is 6. The van der Waals surface area contributed by atoms with Crippen molar-refractivity contribution >= 4 is 45.3 Å². The van der Waals surface area contributed by atoms with Crippen molar-refractivity contribution in [1.29, 1.82) is 0 Å². The number of nitrogens with zero attached hydrogens (tertiary/aromatic N) is 2. The van der Waals surface area contributed by atoms with Crippen LogP contribution < -0.4 is 4.74 Å². The van der Waals surface area contributed by atoms with E-state index in [1.54, 1.807) is 6.07 Å². The smallest absolute Gasteiger partial charge is 0.324 e. The molecule has 1 aliphatic heterocycles. The number of thioether (sulfide) groups is 1. The van der Waals surface area contributed by atoms with Gasteiger partial charge in [-0.15, -0.1) is 0 Å². The Kier molecular flexibility index (Phi) is 5.62. The minimum atomic E-state index is -0.488. The van der Waals surface area contributed by atoms with Crippen molar-refractivity contribution in [2.75, 3.05) is 13.2 Å². The third kappa shape index (κ3) is 4.37. The van der Waals surface area contributed by atoms with Crippen molar-refractivity contribution in [2.45, 2.75) is 13.8 Å². The van der Waals surface area contributed by atoms with E-state index < -0.39 is 10.8 Å². The van der Waals surface area contributed by atoms with Crippen molar-refractivity contribution in [3.8, 4) is 5.75 Å². The van der Waals surface area contributed by atoms with E-state index in [0.29, 0.717) is 4.88 Å². The summed E-state index contributed by atoms with van der Waals surface area (Å²) in [6.07, 6.45) is 1.51. The first-order valence-corrected chi connectivity index (χ1v) is 9.68. The molecule has 9 heteroatoms. The summed E-state index contributed by atoms with van der Waals surface area (Å²) in [6.45, 7) is 4.22. The molecule has 0 N–H and O–H groups in total. The second-order valence-electron chi connectivity index (χ2n) is 5.88. The molecule has 1 aliphatic rings. The van der Waals surface area contributed by atoms with Gasteiger partial charge < -0.3 is 4.74 Å². The number of hydrogen-bond donors (Lipinski definition) is 0. The van der Waals surface area contributed by atoms with Crippen LogP contribution in [0.5, 0.6) is 5.75 Å². The van der Waals surface area contributed by atoms with Crippen molar-refractivity contribution in [1.82, 2.24) is 4.90 Å². The fourth-order valence-electron chi connectivity index (χ4n) is 2.45. The van der Waals surface area contributed by atoms with E-state index >= 15 is 0 Å². The lowest BCUT2D eigenvalue weighted by Gasteiger charge is -2.14. The predicted molar refractivity (Wildman–Crippen MR) is 105 cm³/mol. The Bertz CT molecular complexity index is 951. The first-order valence-electron chi connectivity index (χ1n) is 8.05. The normalized spacial score (nSPS) is 15.6. The zero-order chi connectivity index (χ0) is 19.6. The Hall–Kier alpha value is -2.65. The molecular weight excluding hydrogens is 388 g/mol. The van der Waals surface area contributed by atoms with Gasteiger partial charge in [0.25, 0.3) is 11.1 Å². The number of nitro groups is 1. The molecule has 3 rings (SSSR count). The fraction of sp³-hybridized carbons (Fsp3) is 0.222. The molecule has 0 bridgehead atoms. The van der Waals surface area contributed by atoms with Crippen LogP contribution in [0.4, 0.5) is 9.80 Å². The number of thiophene rings is 1. The van der Waals surface area contributed by atoms with E-state index in [4.69, 9.17) is 4.74 Å². The van der Waals surface area contributed by atoms with Gasteiger partial charge in [0.05, 0.1) is 16.4 Å². The highest BCUT2D eigenvalue weighted by Crippen LogP contribution is 2.34. The quantitative estimate of drug-likeness (QED) is 0.403. The van der Waals surface area contributed by atoms with Gasteiger partial charge in [-0.2, -0.15) is 0 Å². The van der Waals surface area contributed by atoms with Gasteiger partial charge in [-0.25, -0.2) is 0 Å². The zero-order valence-electron chi connectivity index (χ0n) is 14.6. The van der Waals surface area contributed by atoms with Crippen LogP contribution in [-0.4, -0.2) is 34.1 Å². The number of benzene rings is 1. The Morgan fingerprint density at radius 3 is 2.70 bits per heavy atom. The van der Waals surface area contributed by atoms with Crippen molar-refractivity contribution in [3.63, 3.8) is 0 Å². The third-order valence-electron chi connectivity index (χ3n) is 3.86. The van der Waals surface area contributed by atoms with E-state index in [-0.39, 0.29) is 28.3 Å². The Morgan fingerprint density at radius 2 is 2.00 bits per heavy atom. The summed E-state index contributed by atoms with van der Waals surface area (Å²) in [5.74, 6) is 0.314. The molecule has 140 valence electrons.